The third kappa shape index (κ3) is 2.77. The minimum Gasteiger partial charge on any atom is -0.378 e. The molecule has 1 atom stereocenters. The fourth-order valence-electron chi connectivity index (χ4n) is 4.05. The number of hydrogen-bond acceptors (Lipinski definition) is 3. The van der Waals surface area contributed by atoms with Crippen LogP contribution in [0.5, 0.6) is 0 Å². The van der Waals surface area contributed by atoms with Crippen molar-refractivity contribution >= 4 is 5.69 Å². The first-order chi connectivity index (χ1) is 10.9. The van der Waals surface area contributed by atoms with E-state index in [4.69, 9.17) is 4.52 Å². The summed E-state index contributed by atoms with van der Waals surface area (Å²) in [6.07, 6.45) is 11.8. The number of aromatic nitrogens is 1. The summed E-state index contributed by atoms with van der Waals surface area (Å²) in [5, 5.41) is 8.04. The Kier molecular flexibility index (Phi) is 3.88. The maximum absolute atomic E-state index is 5.32. The van der Waals surface area contributed by atoms with Crippen molar-refractivity contribution in [3.8, 4) is 0 Å². The quantitative estimate of drug-likeness (QED) is 0.892. The number of aryl methyl sites for hydroxylation is 1. The second-order valence-corrected chi connectivity index (χ2v) is 6.80. The molecule has 0 radical (unpaired) electrons. The lowest BCUT2D eigenvalue weighted by Crippen LogP contribution is -2.23. The van der Waals surface area contributed by atoms with Gasteiger partial charge in [0.1, 0.15) is 12.0 Å². The molecule has 1 saturated carbocycles. The van der Waals surface area contributed by atoms with Crippen molar-refractivity contribution in [1.29, 1.82) is 0 Å². The molecule has 1 aromatic carbocycles. The Hall–Kier alpha value is -1.77. The van der Waals surface area contributed by atoms with Crippen molar-refractivity contribution in [3.05, 3.63) is 47.3 Å². The second kappa shape index (κ2) is 6.15. The van der Waals surface area contributed by atoms with E-state index in [2.05, 4.69) is 34.7 Å². The van der Waals surface area contributed by atoms with E-state index in [1.165, 1.54) is 49.7 Å². The van der Waals surface area contributed by atoms with Crippen molar-refractivity contribution in [2.45, 2.75) is 63.3 Å². The zero-order chi connectivity index (χ0) is 14.8. The highest BCUT2D eigenvalue weighted by Crippen LogP contribution is 2.36. The van der Waals surface area contributed by atoms with Crippen molar-refractivity contribution in [3.63, 3.8) is 0 Å². The highest BCUT2D eigenvalue weighted by atomic mass is 16.5. The minimum atomic E-state index is 0.486. The summed E-state index contributed by atoms with van der Waals surface area (Å²) >= 11 is 0. The Morgan fingerprint density at radius 2 is 1.82 bits per heavy atom. The Morgan fingerprint density at radius 3 is 2.68 bits per heavy atom. The van der Waals surface area contributed by atoms with Gasteiger partial charge < -0.3 is 9.84 Å². The van der Waals surface area contributed by atoms with Gasteiger partial charge in [0.25, 0.3) is 0 Å². The van der Waals surface area contributed by atoms with Gasteiger partial charge in [0.2, 0.25) is 0 Å². The third-order valence-corrected chi connectivity index (χ3v) is 5.30. The van der Waals surface area contributed by atoms with Gasteiger partial charge in [0, 0.05) is 12.0 Å². The van der Waals surface area contributed by atoms with Gasteiger partial charge in [-0.05, 0) is 43.2 Å². The molecular formula is C19H24N2O. The van der Waals surface area contributed by atoms with Gasteiger partial charge in [-0.2, -0.15) is 0 Å². The summed E-state index contributed by atoms with van der Waals surface area (Å²) in [4.78, 5) is 0. The molecule has 2 aromatic rings. The van der Waals surface area contributed by atoms with Crippen LogP contribution in [0.1, 0.15) is 61.3 Å². The monoisotopic (exact) mass is 296 g/mol. The van der Waals surface area contributed by atoms with E-state index >= 15 is 0 Å². The Labute approximate surface area is 132 Å². The molecular weight excluding hydrogens is 272 g/mol. The molecule has 3 nitrogen and oxygen atoms in total. The number of anilines is 1. The maximum atomic E-state index is 5.32. The number of nitrogens with one attached hydrogen (secondary N) is 1. The summed E-state index contributed by atoms with van der Waals surface area (Å²) < 4.78 is 5.32. The van der Waals surface area contributed by atoms with E-state index in [1.54, 1.807) is 0 Å². The van der Waals surface area contributed by atoms with Crippen molar-refractivity contribution in [2.24, 2.45) is 0 Å². The Bertz CT molecular complexity index is 628. The van der Waals surface area contributed by atoms with Crippen LogP contribution in [-0.2, 0) is 12.8 Å². The number of benzene rings is 1. The van der Waals surface area contributed by atoms with E-state index in [-0.39, 0.29) is 0 Å². The lowest BCUT2D eigenvalue weighted by Gasteiger charge is -2.26. The average Bonchev–Trinajstić information content (AvgIpc) is 3.03. The normalized spacial score (nSPS) is 22.3. The van der Waals surface area contributed by atoms with Gasteiger partial charge in [-0.1, -0.05) is 48.7 Å². The molecule has 116 valence electrons. The van der Waals surface area contributed by atoms with Gasteiger partial charge in [0.05, 0.1) is 5.69 Å². The van der Waals surface area contributed by atoms with E-state index in [9.17, 15) is 0 Å². The number of hydrogen-bond donors (Lipinski definition) is 1. The lowest BCUT2D eigenvalue weighted by molar-refractivity contribution is 0.399. The molecule has 0 amide bonds. The standard InChI is InChI=1S/C19H24N2O/c1-2-8-17(9-3-1)20-18-13-22-21-19(18)16-11-10-14-6-4-5-7-15(14)12-16/h4-7,13,16-17,20H,1-3,8-12H2. The minimum absolute atomic E-state index is 0.486. The molecule has 0 saturated heterocycles. The summed E-state index contributed by atoms with van der Waals surface area (Å²) in [6, 6.07) is 9.41. The highest BCUT2D eigenvalue weighted by molar-refractivity contribution is 5.49. The van der Waals surface area contributed by atoms with Gasteiger partial charge >= 0.3 is 0 Å². The molecule has 22 heavy (non-hydrogen) atoms. The first-order valence-electron chi connectivity index (χ1n) is 8.68. The lowest BCUT2D eigenvalue weighted by atomic mass is 9.82. The van der Waals surface area contributed by atoms with E-state index in [0.717, 1.165) is 24.2 Å². The summed E-state index contributed by atoms with van der Waals surface area (Å²) in [5.41, 5.74) is 5.26. The van der Waals surface area contributed by atoms with Gasteiger partial charge in [-0.25, -0.2) is 0 Å². The topological polar surface area (TPSA) is 38.1 Å². The van der Waals surface area contributed by atoms with Gasteiger partial charge in [-0.15, -0.1) is 0 Å². The van der Waals surface area contributed by atoms with Crippen molar-refractivity contribution in [2.75, 3.05) is 5.32 Å². The van der Waals surface area contributed by atoms with Crippen LogP contribution in [-0.4, -0.2) is 11.2 Å². The predicted molar refractivity (Wildman–Crippen MR) is 88.2 cm³/mol. The largest absolute Gasteiger partial charge is 0.378 e. The summed E-state index contributed by atoms with van der Waals surface area (Å²) in [5.74, 6) is 0.486. The maximum Gasteiger partial charge on any atom is 0.147 e. The number of nitrogens with zero attached hydrogens (tertiary/aromatic N) is 1. The van der Waals surface area contributed by atoms with Crippen LogP contribution in [0.2, 0.25) is 0 Å². The van der Waals surface area contributed by atoms with Gasteiger partial charge in [0.15, 0.2) is 0 Å². The van der Waals surface area contributed by atoms with Crippen LogP contribution in [0, 0.1) is 0 Å². The molecule has 2 aliphatic rings. The molecule has 1 unspecified atom stereocenters. The van der Waals surface area contributed by atoms with Crippen molar-refractivity contribution in [1.82, 2.24) is 5.16 Å². The van der Waals surface area contributed by atoms with Crippen LogP contribution in [0.15, 0.2) is 35.1 Å². The van der Waals surface area contributed by atoms with Crippen LogP contribution in [0.3, 0.4) is 0 Å². The fourth-order valence-corrected chi connectivity index (χ4v) is 4.05. The molecule has 3 heteroatoms. The van der Waals surface area contributed by atoms with E-state index < -0.39 is 0 Å². The third-order valence-electron chi connectivity index (χ3n) is 5.30. The first kappa shape index (κ1) is 13.9. The zero-order valence-electron chi connectivity index (χ0n) is 13.1. The molecule has 0 spiro atoms. The van der Waals surface area contributed by atoms with Crippen LogP contribution < -0.4 is 5.32 Å². The second-order valence-electron chi connectivity index (χ2n) is 6.80. The van der Waals surface area contributed by atoms with Crippen LogP contribution in [0.25, 0.3) is 0 Å². The molecule has 1 N–H and O–H groups in total. The molecule has 2 aliphatic carbocycles. The fraction of sp³-hybridized carbons (Fsp3) is 0.526. The van der Waals surface area contributed by atoms with Gasteiger partial charge in [-0.3, -0.25) is 0 Å². The van der Waals surface area contributed by atoms with Crippen LogP contribution in [0.4, 0.5) is 5.69 Å². The zero-order valence-corrected chi connectivity index (χ0v) is 13.1. The molecule has 1 fully saturated rings. The molecule has 0 aliphatic heterocycles. The van der Waals surface area contributed by atoms with Crippen molar-refractivity contribution < 1.29 is 4.52 Å². The highest BCUT2D eigenvalue weighted by Gasteiger charge is 2.26. The smallest absolute Gasteiger partial charge is 0.147 e. The van der Waals surface area contributed by atoms with Crippen LogP contribution >= 0.6 is 0 Å². The first-order valence-corrected chi connectivity index (χ1v) is 8.68. The van der Waals surface area contributed by atoms with E-state index in [0.29, 0.717) is 12.0 Å². The molecule has 0 bridgehead atoms. The predicted octanol–water partition coefficient (Wildman–Crippen LogP) is 4.69. The SMILES string of the molecule is c1ccc2c(c1)CCC(c1nocc1NC1CCCCC1)C2. The number of rotatable bonds is 3. The average molecular weight is 296 g/mol. The Morgan fingerprint density at radius 1 is 1.00 bits per heavy atom. The summed E-state index contributed by atoms with van der Waals surface area (Å²) in [6.45, 7) is 0. The Balaban J connectivity index is 1.50. The molecule has 4 rings (SSSR count). The summed E-state index contributed by atoms with van der Waals surface area (Å²) in [7, 11) is 0. The number of fused-ring (bicyclic) bond motifs is 1. The van der Waals surface area contributed by atoms with E-state index in [1.807, 2.05) is 6.26 Å². The molecule has 1 heterocycles. The molecule has 1 aromatic heterocycles.